The lowest BCUT2D eigenvalue weighted by molar-refractivity contribution is -0.125. The highest BCUT2D eigenvalue weighted by atomic mass is 32.1. The molecule has 2 heterocycles. The summed E-state index contributed by atoms with van der Waals surface area (Å²) in [5.74, 6) is -0.158. The number of rotatable bonds is 5. The monoisotopic (exact) mass is 343 g/mol. The predicted octanol–water partition coefficient (Wildman–Crippen LogP) is 2.80. The van der Waals surface area contributed by atoms with Crippen molar-refractivity contribution in [2.24, 2.45) is 11.1 Å². The summed E-state index contributed by atoms with van der Waals surface area (Å²) < 4.78 is 6.66. The zero-order chi connectivity index (χ0) is 17.3. The van der Waals surface area contributed by atoms with Gasteiger partial charge in [-0.15, -0.1) is 11.3 Å². The van der Waals surface area contributed by atoms with Gasteiger partial charge in [0.2, 0.25) is 5.91 Å². The Morgan fingerprint density at radius 3 is 2.71 bits per heavy atom. The van der Waals surface area contributed by atoms with Gasteiger partial charge in [0.05, 0.1) is 15.6 Å². The highest BCUT2D eigenvalue weighted by Crippen LogP contribution is 2.31. The summed E-state index contributed by atoms with van der Waals surface area (Å²) in [6, 6.07) is 11.1. The molecule has 0 saturated heterocycles. The Balaban J connectivity index is 1.75. The maximum absolute atomic E-state index is 12.2. The predicted molar refractivity (Wildman–Crippen MR) is 92.6 cm³/mol. The van der Waals surface area contributed by atoms with Crippen molar-refractivity contribution in [3.05, 3.63) is 42.2 Å². The van der Waals surface area contributed by atoms with Crippen LogP contribution in [0.3, 0.4) is 0 Å². The first-order valence-corrected chi connectivity index (χ1v) is 8.22. The zero-order valence-corrected chi connectivity index (χ0v) is 14.1. The molecule has 124 valence electrons. The van der Waals surface area contributed by atoms with E-state index in [9.17, 15) is 9.59 Å². The van der Waals surface area contributed by atoms with E-state index in [0.717, 1.165) is 10.2 Å². The van der Waals surface area contributed by atoms with Crippen LogP contribution in [-0.4, -0.2) is 23.3 Å². The molecular weight excluding hydrogens is 326 g/mol. The van der Waals surface area contributed by atoms with Crippen molar-refractivity contribution in [1.29, 1.82) is 0 Å². The molecule has 1 aromatic carbocycles. The van der Waals surface area contributed by atoms with Gasteiger partial charge in [0, 0.05) is 6.54 Å². The standard InChI is InChI=1S/C17H17N3O3S/c1-17(2,16(18)22)9-19-14(21)11-7-8-12(23-11)15-20-10-5-3-4-6-13(10)24-15/h3-8H,9H2,1-2H3,(H2,18,22)(H,19,21). The highest BCUT2D eigenvalue weighted by Gasteiger charge is 2.26. The van der Waals surface area contributed by atoms with Gasteiger partial charge in [-0.3, -0.25) is 9.59 Å². The summed E-state index contributed by atoms with van der Waals surface area (Å²) in [4.78, 5) is 27.9. The van der Waals surface area contributed by atoms with Gasteiger partial charge in [0.15, 0.2) is 16.5 Å². The number of hydrogen-bond donors (Lipinski definition) is 2. The molecule has 2 amide bonds. The zero-order valence-electron chi connectivity index (χ0n) is 13.3. The molecule has 7 heteroatoms. The summed E-state index contributed by atoms with van der Waals surface area (Å²) in [5.41, 5.74) is 5.36. The molecule has 6 nitrogen and oxygen atoms in total. The average Bonchev–Trinajstić information content (AvgIpc) is 3.18. The van der Waals surface area contributed by atoms with E-state index in [1.54, 1.807) is 26.0 Å². The first-order valence-electron chi connectivity index (χ1n) is 7.41. The van der Waals surface area contributed by atoms with Crippen molar-refractivity contribution in [1.82, 2.24) is 10.3 Å². The minimum atomic E-state index is -0.821. The van der Waals surface area contributed by atoms with E-state index >= 15 is 0 Å². The van der Waals surface area contributed by atoms with Gasteiger partial charge in [-0.25, -0.2) is 4.98 Å². The van der Waals surface area contributed by atoms with Crippen molar-refractivity contribution < 1.29 is 14.0 Å². The number of thiazole rings is 1. The molecule has 0 aliphatic rings. The van der Waals surface area contributed by atoms with Crippen LogP contribution in [0.25, 0.3) is 21.0 Å². The Hall–Kier alpha value is -2.67. The Kier molecular flexibility index (Phi) is 4.11. The summed E-state index contributed by atoms with van der Waals surface area (Å²) in [5, 5.41) is 3.38. The number of carbonyl (C=O) groups excluding carboxylic acids is 2. The second-order valence-electron chi connectivity index (χ2n) is 6.08. The Bertz CT molecular complexity index is 878. The van der Waals surface area contributed by atoms with Crippen LogP contribution < -0.4 is 11.1 Å². The second kappa shape index (κ2) is 6.09. The van der Waals surface area contributed by atoms with Crippen molar-refractivity contribution >= 4 is 33.4 Å². The third-order valence-corrected chi connectivity index (χ3v) is 4.74. The smallest absolute Gasteiger partial charge is 0.287 e. The third kappa shape index (κ3) is 3.16. The minimum Gasteiger partial charge on any atom is -0.448 e. The summed E-state index contributed by atoms with van der Waals surface area (Å²) in [6.07, 6.45) is 0. The van der Waals surface area contributed by atoms with Crippen molar-refractivity contribution in [3.8, 4) is 10.8 Å². The quantitative estimate of drug-likeness (QED) is 0.744. The topological polar surface area (TPSA) is 98.2 Å². The van der Waals surface area contributed by atoms with E-state index in [4.69, 9.17) is 10.2 Å². The molecule has 0 bridgehead atoms. The Morgan fingerprint density at radius 2 is 2.00 bits per heavy atom. The van der Waals surface area contributed by atoms with Crippen LogP contribution in [0.5, 0.6) is 0 Å². The summed E-state index contributed by atoms with van der Waals surface area (Å²) in [6.45, 7) is 3.48. The fourth-order valence-electron chi connectivity index (χ4n) is 2.03. The van der Waals surface area contributed by atoms with E-state index < -0.39 is 17.2 Å². The molecule has 3 rings (SSSR count). The molecular formula is C17H17N3O3S. The number of carbonyl (C=O) groups is 2. The molecule has 0 spiro atoms. The number of fused-ring (bicyclic) bond motifs is 1. The van der Waals surface area contributed by atoms with Crippen LogP contribution in [0.1, 0.15) is 24.4 Å². The highest BCUT2D eigenvalue weighted by molar-refractivity contribution is 7.21. The van der Waals surface area contributed by atoms with Crippen molar-refractivity contribution in [2.45, 2.75) is 13.8 Å². The maximum atomic E-state index is 12.2. The number of furan rings is 1. The van der Waals surface area contributed by atoms with E-state index in [1.807, 2.05) is 24.3 Å². The van der Waals surface area contributed by atoms with Crippen LogP contribution in [0, 0.1) is 5.41 Å². The molecule has 3 aromatic rings. The van der Waals surface area contributed by atoms with Gasteiger partial charge in [-0.05, 0) is 38.1 Å². The van der Waals surface area contributed by atoms with Gasteiger partial charge >= 0.3 is 0 Å². The number of hydrogen-bond acceptors (Lipinski definition) is 5. The fourth-order valence-corrected chi connectivity index (χ4v) is 2.96. The largest absolute Gasteiger partial charge is 0.448 e. The van der Waals surface area contributed by atoms with Gasteiger partial charge in [-0.2, -0.15) is 0 Å². The fraction of sp³-hybridized carbons (Fsp3) is 0.235. The molecule has 0 aliphatic carbocycles. The molecule has 0 unspecified atom stereocenters. The van der Waals surface area contributed by atoms with Crippen molar-refractivity contribution in [2.75, 3.05) is 6.54 Å². The van der Waals surface area contributed by atoms with Crippen LogP contribution in [0.2, 0.25) is 0 Å². The van der Waals surface area contributed by atoms with Gasteiger partial charge in [-0.1, -0.05) is 12.1 Å². The van der Waals surface area contributed by atoms with Gasteiger partial charge < -0.3 is 15.5 Å². The average molecular weight is 343 g/mol. The van der Waals surface area contributed by atoms with E-state index in [2.05, 4.69) is 10.3 Å². The lowest BCUT2D eigenvalue weighted by atomic mass is 9.93. The number of nitrogens with two attached hydrogens (primary N) is 1. The first kappa shape index (κ1) is 16.2. The number of benzene rings is 1. The van der Waals surface area contributed by atoms with Crippen LogP contribution in [0.4, 0.5) is 0 Å². The Morgan fingerprint density at radius 1 is 1.25 bits per heavy atom. The van der Waals surface area contributed by atoms with Crippen LogP contribution >= 0.6 is 11.3 Å². The first-order chi connectivity index (χ1) is 11.4. The van der Waals surface area contributed by atoms with E-state index in [1.165, 1.54) is 11.3 Å². The molecule has 0 saturated carbocycles. The minimum absolute atomic E-state index is 0.137. The van der Waals surface area contributed by atoms with Crippen LogP contribution in [0.15, 0.2) is 40.8 Å². The van der Waals surface area contributed by atoms with E-state index in [-0.39, 0.29) is 12.3 Å². The second-order valence-corrected chi connectivity index (χ2v) is 7.11. The number of nitrogens with zero attached hydrogens (tertiary/aromatic N) is 1. The molecule has 0 atom stereocenters. The lowest BCUT2D eigenvalue weighted by Gasteiger charge is -2.20. The maximum Gasteiger partial charge on any atom is 0.287 e. The van der Waals surface area contributed by atoms with Gasteiger partial charge in [0.25, 0.3) is 5.91 Å². The summed E-state index contributed by atoms with van der Waals surface area (Å²) in [7, 11) is 0. The van der Waals surface area contributed by atoms with Gasteiger partial charge in [0.1, 0.15) is 0 Å². The normalized spacial score (nSPS) is 11.6. The van der Waals surface area contributed by atoms with Crippen molar-refractivity contribution in [3.63, 3.8) is 0 Å². The number of para-hydroxylation sites is 1. The molecule has 3 N–H and O–H groups in total. The number of nitrogens with one attached hydrogen (secondary N) is 1. The molecule has 2 aromatic heterocycles. The SMILES string of the molecule is CC(C)(CNC(=O)c1ccc(-c2nc3ccccc3s2)o1)C(N)=O. The number of aromatic nitrogens is 1. The molecule has 0 radical (unpaired) electrons. The molecule has 24 heavy (non-hydrogen) atoms. The van der Waals surface area contributed by atoms with Crippen LogP contribution in [-0.2, 0) is 4.79 Å². The number of primary amides is 1. The molecule has 0 fully saturated rings. The van der Waals surface area contributed by atoms with E-state index in [0.29, 0.717) is 10.8 Å². The molecule has 0 aliphatic heterocycles. The Labute approximate surface area is 142 Å². The summed E-state index contributed by atoms with van der Waals surface area (Å²) >= 11 is 1.50. The number of amides is 2. The lowest BCUT2D eigenvalue weighted by Crippen LogP contribution is -2.42. The third-order valence-electron chi connectivity index (χ3n) is 3.69.